The third-order valence-corrected chi connectivity index (χ3v) is 10.3. The van der Waals surface area contributed by atoms with Crippen molar-refractivity contribution in [1.29, 1.82) is 0 Å². The fourth-order valence-corrected chi connectivity index (χ4v) is 7.20. The van der Waals surface area contributed by atoms with Gasteiger partial charge >= 0.3 is 6.09 Å². The van der Waals surface area contributed by atoms with Crippen molar-refractivity contribution in [2.75, 3.05) is 19.8 Å². The second kappa shape index (κ2) is 13.7. The predicted molar refractivity (Wildman–Crippen MR) is 167 cm³/mol. The van der Waals surface area contributed by atoms with Crippen molar-refractivity contribution in [1.82, 2.24) is 20.3 Å². The quantitative estimate of drug-likeness (QED) is 0.370. The molecule has 5 atom stereocenters. The molecule has 46 heavy (non-hydrogen) atoms. The van der Waals surface area contributed by atoms with E-state index in [0.717, 1.165) is 5.56 Å². The molecule has 1 saturated heterocycles. The minimum absolute atomic E-state index is 0.0747. The van der Waals surface area contributed by atoms with Crippen molar-refractivity contribution in [3.63, 3.8) is 0 Å². The van der Waals surface area contributed by atoms with Crippen LogP contribution in [0, 0.1) is 5.92 Å². The largest absolute Gasteiger partial charge is 0.444 e. The number of carbonyl (C=O) groups is 4. The van der Waals surface area contributed by atoms with Gasteiger partial charge in [-0.3, -0.25) is 19.1 Å². The van der Waals surface area contributed by atoms with E-state index in [1.165, 1.54) is 4.90 Å². The molecule has 2 aliphatic heterocycles. The Morgan fingerprint density at radius 2 is 1.87 bits per heavy atom. The molecule has 0 unspecified atom stereocenters. The van der Waals surface area contributed by atoms with Crippen molar-refractivity contribution in [2.24, 2.45) is 5.92 Å². The summed E-state index contributed by atoms with van der Waals surface area (Å²) >= 11 is 0. The van der Waals surface area contributed by atoms with Crippen LogP contribution in [0.1, 0.15) is 64.9 Å². The molecule has 4 amide bonds. The molecule has 2 saturated carbocycles. The molecule has 0 bridgehead atoms. The average Bonchev–Trinajstić information content (AvgIpc) is 3.91. The molecule has 5 rings (SSSR count). The lowest BCUT2D eigenvalue weighted by Gasteiger charge is -2.30. The molecule has 4 aliphatic rings. The maximum absolute atomic E-state index is 14.1. The summed E-state index contributed by atoms with van der Waals surface area (Å²) in [6.07, 6.45) is 4.16. The lowest BCUT2D eigenvalue weighted by molar-refractivity contribution is -0.141. The number of hydrogen-bond donors (Lipinski definition) is 3. The summed E-state index contributed by atoms with van der Waals surface area (Å²) in [5.41, 5.74) is -1.37. The SMILES string of the molecule is CC(C)(C)OC(=O)N[C@H]1CCCOCC=C[C@@H]2C[C@@]2(C(=O)NS(=O)(=O)C2CC2)NC(=O)[C@@H]2C[C@@H](OCc3ccccc3)CN2C1=O. The smallest absolute Gasteiger partial charge is 0.408 e. The second-order valence-corrected chi connectivity index (χ2v) is 15.4. The molecule has 0 aromatic heterocycles. The molecular formula is C32H44N4O9S. The maximum atomic E-state index is 14.1. The van der Waals surface area contributed by atoms with E-state index in [1.54, 1.807) is 32.9 Å². The fraction of sp³-hybridized carbons (Fsp3) is 0.625. The van der Waals surface area contributed by atoms with Crippen LogP contribution in [0.2, 0.25) is 0 Å². The van der Waals surface area contributed by atoms with Crippen molar-refractivity contribution in [2.45, 2.75) is 100 Å². The molecule has 2 heterocycles. The van der Waals surface area contributed by atoms with E-state index in [4.69, 9.17) is 14.2 Å². The molecule has 1 aromatic rings. The Labute approximate surface area is 269 Å². The van der Waals surface area contributed by atoms with Gasteiger partial charge in [0.15, 0.2) is 0 Å². The summed E-state index contributed by atoms with van der Waals surface area (Å²) in [4.78, 5) is 55.8. The number of nitrogens with one attached hydrogen (secondary N) is 3. The van der Waals surface area contributed by atoms with Gasteiger partial charge in [-0.25, -0.2) is 13.2 Å². The molecular weight excluding hydrogens is 616 g/mol. The number of hydrogen-bond acceptors (Lipinski definition) is 9. The molecule has 3 N–H and O–H groups in total. The summed E-state index contributed by atoms with van der Waals surface area (Å²) in [5.74, 6) is -2.36. The first kappa shape index (κ1) is 33.9. The Balaban J connectivity index is 1.40. The summed E-state index contributed by atoms with van der Waals surface area (Å²) in [7, 11) is -3.87. The third kappa shape index (κ3) is 8.45. The number of ether oxygens (including phenoxy) is 3. The highest BCUT2D eigenvalue weighted by molar-refractivity contribution is 7.91. The standard InChI is InChI=1S/C32H44N4O9S/c1-31(2,3)45-30(40)33-25-12-8-16-43-15-7-11-22-18-32(22,29(39)35-46(41,42)24-13-14-24)34-27(37)26-17-23(19-36(26)28(25)38)44-20-21-9-5-4-6-10-21/h4-7,9-11,22-26H,8,12-20H2,1-3H3,(H,33,40)(H,34,37)(H,35,39)/t22-,23-,25+,26+,32-/m1/s1. The zero-order valence-corrected chi connectivity index (χ0v) is 27.3. The first-order chi connectivity index (χ1) is 21.8. The van der Waals surface area contributed by atoms with Crippen molar-refractivity contribution in [3.05, 3.63) is 48.0 Å². The van der Waals surface area contributed by atoms with E-state index in [2.05, 4.69) is 15.4 Å². The molecule has 0 spiro atoms. The minimum atomic E-state index is -3.87. The molecule has 3 fully saturated rings. The third-order valence-electron chi connectivity index (χ3n) is 8.49. The first-order valence-electron chi connectivity index (χ1n) is 15.9. The van der Waals surface area contributed by atoms with Gasteiger partial charge in [-0.05, 0) is 58.4 Å². The van der Waals surface area contributed by atoms with Crippen molar-refractivity contribution < 1.29 is 41.8 Å². The van der Waals surface area contributed by atoms with Gasteiger partial charge in [0.25, 0.3) is 5.91 Å². The predicted octanol–water partition coefficient (Wildman–Crippen LogP) is 1.92. The van der Waals surface area contributed by atoms with Crippen LogP contribution in [0.4, 0.5) is 4.79 Å². The highest BCUT2D eigenvalue weighted by atomic mass is 32.2. The summed E-state index contributed by atoms with van der Waals surface area (Å²) in [6, 6.07) is 7.44. The van der Waals surface area contributed by atoms with Gasteiger partial charge in [-0.1, -0.05) is 42.5 Å². The normalized spacial score (nSPS) is 29.0. The Morgan fingerprint density at radius 1 is 1.13 bits per heavy atom. The van der Waals surface area contributed by atoms with Gasteiger partial charge in [-0.2, -0.15) is 0 Å². The number of nitrogens with zero attached hydrogens (tertiary/aromatic N) is 1. The van der Waals surface area contributed by atoms with E-state index in [9.17, 15) is 27.6 Å². The van der Waals surface area contributed by atoms with Crippen LogP contribution in [0.3, 0.4) is 0 Å². The Bertz CT molecular complexity index is 1440. The molecule has 2 aliphatic carbocycles. The van der Waals surface area contributed by atoms with Gasteiger partial charge in [0.05, 0.1) is 24.6 Å². The lowest BCUT2D eigenvalue weighted by Crippen LogP contribution is -2.58. The number of benzene rings is 1. The number of rotatable bonds is 7. The van der Waals surface area contributed by atoms with Crippen molar-refractivity contribution in [3.8, 4) is 0 Å². The minimum Gasteiger partial charge on any atom is -0.444 e. The van der Waals surface area contributed by atoms with Crippen LogP contribution >= 0.6 is 0 Å². The molecule has 1 aromatic carbocycles. The average molecular weight is 661 g/mol. The summed E-state index contributed by atoms with van der Waals surface area (Å²) in [5, 5.41) is 4.88. The summed E-state index contributed by atoms with van der Waals surface area (Å²) in [6.45, 7) is 6.00. The zero-order chi connectivity index (χ0) is 33.1. The number of sulfonamides is 1. The van der Waals surface area contributed by atoms with Crippen LogP contribution in [0.5, 0.6) is 0 Å². The number of alkyl carbamates (subject to hydrolysis) is 1. The number of fused-ring (bicyclic) bond motifs is 2. The van der Waals surface area contributed by atoms with E-state index in [-0.39, 0.29) is 39.0 Å². The molecule has 14 heteroatoms. The van der Waals surface area contributed by atoms with Crippen LogP contribution in [0.25, 0.3) is 0 Å². The zero-order valence-electron chi connectivity index (χ0n) is 26.5. The molecule has 0 radical (unpaired) electrons. The van der Waals surface area contributed by atoms with Crippen LogP contribution in [0.15, 0.2) is 42.5 Å². The fourth-order valence-electron chi connectivity index (χ4n) is 5.83. The van der Waals surface area contributed by atoms with Gasteiger partial charge in [0.2, 0.25) is 21.8 Å². The highest BCUT2D eigenvalue weighted by Crippen LogP contribution is 2.46. The molecule has 13 nitrogen and oxygen atoms in total. The van der Waals surface area contributed by atoms with E-state index >= 15 is 0 Å². The lowest BCUT2D eigenvalue weighted by atomic mass is 10.1. The van der Waals surface area contributed by atoms with Gasteiger partial charge in [0, 0.05) is 25.5 Å². The summed E-state index contributed by atoms with van der Waals surface area (Å²) < 4.78 is 44.8. The van der Waals surface area contributed by atoms with Crippen molar-refractivity contribution >= 4 is 33.8 Å². The van der Waals surface area contributed by atoms with Gasteiger partial charge in [-0.15, -0.1) is 0 Å². The van der Waals surface area contributed by atoms with E-state index in [1.807, 2.05) is 30.3 Å². The van der Waals surface area contributed by atoms with Crippen LogP contribution in [-0.2, 0) is 45.2 Å². The van der Waals surface area contributed by atoms with Crippen LogP contribution in [-0.4, -0.2) is 91.5 Å². The number of amides is 4. The van der Waals surface area contributed by atoms with Gasteiger partial charge < -0.3 is 29.7 Å². The Kier molecular flexibility index (Phi) is 10.1. The van der Waals surface area contributed by atoms with Gasteiger partial charge in [0.1, 0.15) is 23.2 Å². The van der Waals surface area contributed by atoms with E-state index in [0.29, 0.717) is 25.9 Å². The van der Waals surface area contributed by atoms with Crippen LogP contribution < -0.4 is 15.4 Å². The van der Waals surface area contributed by atoms with E-state index < -0.39 is 74.3 Å². The molecule has 252 valence electrons. The maximum Gasteiger partial charge on any atom is 0.408 e. The topological polar surface area (TPSA) is 169 Å². The first-order valence-corrected chi connectivity index (χ1v) is 17.4. The highest BCUT2D eigenvalue weighted by Gasteiger charge is 2.62. The Morgan fingerprint density at radius 3 is 2.57 bits per heavy atom. The number of carbonyl (C=O) groups excluding carboxylic acids is 4. The monoisotopic (exact) mass is 660 g/mol. The Hall–Kier alpha value is -3.49. The second-order valence-electron chi connectivity index (χ2n) is 13.5.